The van der Waals surface area contributed by atoms with Crippen molar-refractivity contribution in [2.45, 2.75) is 26.3 Å². The van der Waals surface area contributed by atoms with E-state index in [4.69, 9.17) is 26.2 Å². The van der Waals surface area contributed by atoms with E-state index in [1.54, 1.807) is 4.90 Å². The lowest BCUT2D eigenvalue weighted by molar-refractivity contribution is -0.143. The molecule has 2 aliphatic heterocycles. The molecule has 1 fully saturated rings. The van der Waals surface area contributed by atoms with Gasteiger partial charge in [-0.3, -0.25) is 14.5 Å². The number of ether oxygens (including phenoxy) is 2. The number of hydrazone groups is 1. The molecule has 8 nitrogen and oxygen atoms in total. The van der Waals surface area contributed by atoms with Crippen molar-refractivity contribution >= 4 is 29.1 Å². The van der Waals surface area contributed by atoms with E-state index in [1.165, 1.54) is 23.2 Å². The summed E-state index contributed by atoms with van der Waals surface area (Å²) in [4.78, 5) is 30.3. The van der Waals surface area contributed by atoms with Gasteiger partial charge in [0.25, 0.3) is 5.91 Å². The summed E-state index contributed by atoms with van der Waals surface area (Å²) in [5, 5.41) is 6.96. The van der Waals surface area contributed by atoms with Gasteiger partial charge in [0.15, 0.2) is 0 Å². The SMILES string of the molecule is COCC(=O)N(CCN1CCOCC1)CC(=O)N1N=C(c2ccc(C)c(C)c2)C[C@@H]1c1ccc(Cl)cc1. The van der Waals surface area contributed by atoms with E-state index in [0.29, 0.717) is 37.7 Å². The molecule has 0 unspecified atom stereocenters. The molecule has 4 rings (SSSR count). The van der Waals surface area contributed by atoms with Crippen molar-refractivity contribution in [3.05, 3.63) is 69.7 Å². The minimum Gasteiger partial charge on any atom is -0.379 e. The Morgan fingerprint density at radius 1 is 1.11 bits per heavy atom. The lowest BCUT2D eigenvalue weighted by Gasteiger charge is -2.31. The van der Waals surface area contributed by atoms with Crippen LogP contribution < -0.4 is 0 Å². The van der Waals surface area contributed by atoms with Crippen molar-refractivity contribution in [1.29, 1.82) is 0 Å². The molecule has 198 valence electrons. The van der Waals surface area contributed by atoms with E-state index < -0.39 is 0 Å². The molecular weight excluding hydrogens is 492 g/mol. The summed E-state index contributed by atoms with van der Waals surface area (Å²) in [5.74, 6) is -0.449. The molecule has 0 spiro atoms. The van der Waals surface area contributed by atoms with Gasteiger partial charge in [-0.25, -0.2) is 5.01 Å². The maximum absolute atomic E-state index is 13.7. The second kappa shape index (κ2) is 12.6. The van der Waals surface area contributed by atoms with E-state index in [2.05, 4.69) is 30.9 Å². The van der Waals surface area contributed by atoms with Crippen LogP contribution in [0, 0.1) is 13.8 Å². The summed E-state index contributed by atoms with van der Waals surface area (Å²) in [7, 11) is 1.48. The van der Waals surface area contributed by atoms with Crippen LogP contribution in [0.3, 0.4) is 0 Å². The summed E-state index contributed by atoms with van der Waals surface area (Å²) in [6.07, 6.45) is 0.579. The third kappa shape index (κ3) is 6.96. The largest absolute Gasteiger partial charge is 0.379 e. The molecule has 0 aromatic heterocycles. The monoisotopic (exact) mass is 526 g/mol. The molecule has 0 bridgehead atoms. The lowest BCUT2D eigenvalue weighted by Crippen LogP contribution is -2.47. The molecule has 1 saturated heterocycles. The second-order valence-corrected chi connectivity index (χ2v) is 9.99. The van der Waals surface area contributed by atoms with Crippen molar-refractivity contribution in [2.24, 2.45) is 5.10 Å². The number of methoxy groups -OCH3 is 1. The number of carbonyl (C=O) groups is 2. The molecular formula is C28H35ClN4O4. The molecule has 2 aliphatic rings. The van der Waals surface area contributed by atoms with Crippen molar-refractivity contribution in [1.82, 2.24) is 14.8 Å². The van der Waals surface area contributed by atoms with Crippen molar-refractivity contribution < 1.29 is 19.1 Å². The fourth-order valence-corrected chi connectivity index (χ4v) is 4.74. The first-order chi connectivity index (χ1) is 17.9. The van der Waals surface area contributed by atoms with E-state index in [9.17, 15) is 9.59 Å². The van der Waals surface area contributed by atoms with Gasteiger partial charge in [-0.05, 0) is 54.3 Å². The van der Waals surface area contributed by atoms with E-state index in [-0.39, 0.29) is 31.0 Å². The van der Waals surface area contributed by atoms with E-state index in [0.717, 1.165) is 29.9 Å². The number of benzene rings is 2. The molecule has 1 atom stereocenters. The fourth-order valence-electron chi connectivity index (χ4n) is 4.61. The summed E-state index contributed by atoms with van der Waals surface area (Å²) in [6.45, 7) is 8.09. The Hall–Kier alpha value is -2.78. The van der Waals surface area contributed by atoms with E-state index >= 15 is 0 Å². The van der Waals surface area contributed by atoms with Gasteiger partial charge >= 0.3 is 0 Å². The molecule has 0 aliphatic carbocycles. The third-order valence-corrected chi connectivity index (χ3v) is 7.25. The number of rotatable bonds is 9. The zero-order chi connectivity index (χ0) is 26.4. The van der Waals surface area contributed by atoms with Gasteiger partial charge in [0.05, 0.1) is 25.0 Å². The number of hydrogen-bond donors (Lipinski definition) is 0. The highest BCUT2D eigenvalue weighted by Crippen LogP contribution is 2.34. The lowest BCUT2D eigenvalue weighted by atomic mass is 9.96. The van der Waals surface area contributed by atoms with Crippen LogP contribution in [0.25, 0.3) is 0 Å². The number of amides is 2. The maximum Gasteiger partial charge on any atom is 0.262 e. The highest BCUT2D eigenvalue weighted by Gasteiger charge is 2.34. The van der Waals surface area contributed by atoms with E-state index in [1.807, 2.05) is 30.3 Å². The van der Waals surface area contributed by atoms with Gasteiger partial charge in [-0.1, -0.05) is 35.9 Å². The Balaban J connectivity index is 1.56. The topological polar surface area (TPSA) is 74.7 Å². The van der Waals surface area contributed by atoms with Crippen LogP contribution in [0.5, 0.6) is 0 Å². The Morgan fingerprint density at radius 2 is 1.84 bits per heavy atom. The first kappa shape index (κ1) is 27.3. The maximum atomic E-state index is 13.7. The first-order valence-electron chi connectivity index (χ1n) is 12.6. The molecule has 0 N–H and O–H groups in total. The number of hydrogen-bond acceptors (Lipinski definition) is 6. The molecule has 2 aromatic rings. The zero-order valence-corrected chi connectivity index (χ0v) is 22.5. The smallest absolute Gasteiger partial charge is 0.262 e. The Labute approximate surface area is 223 Å². The molecule has 0 saturated carbocycles. The number of carbonyl (C=O) groups excluding carboxylic acids is 2. The molecule has 2 heterocycles. The van der Waals surface area contributed by atoms with Gasteiger partial charge in [-0.15, -0.1) is 0 Å². The number of nitrogens with zero attached hydrogens (tertiary/aromatic N) is 4. The molecule has 0 radical (unpaired) electrons. The van der Waals surface area contributed by atoms with Gasteiger partial charge in [0, 0.05) is 44.7 Å². The minimum atomic E-state index is -0.278. The van der Waals surface area contributed by atoms with Gasteiger partial charge < -0.3 is 14.4 Å². The van der Waals surface area contributed by atoms with Crippen LogP contribution >= 0.6 is 11.6 Å². The molecule has 2 amide bonds. The third-order valence-electron chi connectivity index (χ3n) is 7.00. The normalized spacial score (nSPS) is 18.1. The summed E-state index contributed by atoms with van der Waals surface area (Å²) < 4.78 is 10.5. The van der Waals surface area contributed by atoms with Crippen molar-refractivity contribution in [3.8, 4) is 0 Å². The van der Waals surface area contributed by atoms with Crippen LogP contribution in [0.4, 0.5) is 0 Å². The summed E-state index contributed by atoms with van der Waals surface area (Å²) >= 11 is 6.13. The minimum absolute atomic E-state index is 0.0691. The zero-order valence-electron chi connectivity index (χ0n) is 21.8. The molecule has 2 aromatic carbocycles. The van der Waals surface area contributed by atoms with Crippen LogP contribution in [0.15, 0.2) is 47.6 Å². The fraction of sp³-hybridized carbons (Fsp3) is 0.464. The average Bonchev–Trinajstić information content (AvgIpc) is 3.35. The predicted octanol–water partition coefficient (Wildman–Crippen LogP) is 3.44. The Kier molecular flexibility index (Phi) is 9.32. The average molecular weight is 527 g/mol. The number of aryl methyl sites for hydroxylation is 2. The Bertz CT molecular complexity index is 1130. The standard InChI is InChI=1S/C28H35ClN4O4/c1-20-4-5-23(16-21(20)2)25-17-26(22-6-8-24(29)9-7-22)33(30-25)27(34)18-32(28(35)19-36-3)11-10-31-12-14-37-15-13-31/h4-9,16,26H,10-15,17-19H2,1-3H3/t26-/m1/s1. The molecule has 9 heteroatoms. The predicted molar refractivity (Wildman–Crippen MR) is 144 cm³/mol. The first-order valence-corrected chi connectivity index (χ1v) is 13.0. The highest BCUT2D eigenvalue weighted by atomic mass is 35.5. The second-order valence-electron chi connectivity index (χ2n) is 9.56. The number of halogens is 1. The van der Waals surface area contributed by atoms with Gasteiger partial charge in [0.1, 0.15) is 13.2 Å². The molecule has 37 heavy (non-hydrogen) atoms. The number of morpholine rings is 1. The van der Waals surface area contributed by atoms with Crippen LogP contribution in [0.2, 0.25) is 5.02 Å². The van der Waals surface area contributed by atoms with Gasteiger partial charge in [-0.2, -0.15) is 5.10 Å². The highest BCUT2D eigenvalue weighted by molar-refractivity contribution is 6.30. The van der Waals surface area contributed by atoms with Crippen LogP contribution in [-0.2, 0) is 19.1 Å². The van der Waals surface area contributed by atoms with Crippen molar-refractivity contribution in [3.63, 3.8) is 0 Å². The Morgan fingerprint density at radius 3 is 2.51 bits per heavy atom. The summed E-state index contributed by atoms with van der Waals surface area (Å²) in [5.41, 5.74) is 5.17. The summed E-state index contributed by atoms with van der Waals surface area (Å²) in [6, 6.07) is 13.5. The van der Waals surface area contributed by atoms with Crippen LogP contribution in [0.1, 0.15) is 34.7 Å². The quantitative estimate of drug-likeness (QED) is 0.500. The van der Waals surface area contributed by atoms with Gasteiger partial charge in [0.2, 0.25) is 5.91 Å². The van der Waals surface area contributed by atoms with Crippen molar-refractivity contribution in [2.75, 3.05) is 59.7 Å². The van der Waals surface area contributed by atoms with Crippen LogP contribution in [-0.4, -0.2) is 92.0 Å².